The van der Waals surface area contributed by atoms with E-state index in [0.29, 0.717) is 25.8 Å². The number of carboxylic acid groups (broad SMARTS) is 1. The van der Waals surface area contributed by atoms with Crippen LogP contribution in [0.2, 0.25) is 0 Å². The monoisotopic (exact) mass is 344 g/mol. The third-order valence-corrected chi connectivity index (χ3v) is 5.09. The third-order valence-electron chi connectivity index (χ3n) is 4.02. The van der Waals surface area contributed by atoms with Gasteiger partial charge in [0.15, 0.2) is 0 Å². The van der Waals surface area contributed by atoms with Gasteiger partial charge in [0.1, 0.15) is 0 Å². The standard InChI is InChI=1S/C16H28N2O4S/c1-3-4-9-23-10-7-14(19)17(2)12-15(20)18-8-5-6-13(11-18)16(21)22/h13H,3-12H2,1-2H3,(H,21,22). The van der Waals surface area contributed by atoms with Crippen molar-refractivity contribution in [1.29, 1.82) is 0 Å². The minimum atomic E-state index is -0.851. The van der Waals surface area contributed by atoms with Crippen LogP contribution in [0.1, 0.15) is 39.0 Å². The second-order valence-corrected chi connectivity index (χ2v) is 7.21. The molecule has 0 spiro atoms. The lowest BCUT2D eigenvalue weighted by atomic mass is 9.98. The number of rotatable bonds is 9. The average Bonchev–Trinajstić information content (AvgIpc) is 2.54. The van der Waals surface area contributed by atoms with E-state index in [1.54, 1.807) is 23.7 Å². The first kappa shape index (κ1) is 19.8. The van der Waals surface area contributed by atoms with Gasteiger partial charge in [-0.25, -0.2) is 0 Å². The van der Waals surface area contributed by atoms with Gasteiger partial charge in [-0.2, -0.15) is 11.8 Å². The lowest BCUT2D eigenvalue weighted by Crippen LogP contribution is -2.46. The number of amides is 2. The van der Waals surface area contributed by atoms with Gasteiger partial charge in [-0.3, -0.25) is 14.4 Å². The zero-order valence-corrected chi connectivity index (χ0v) is 14.9. The number of hydrogen-bond acceptors (Lipinski definition) is 4. The molecule has 2 amide bonds. The normalized spacial score (nSPS) is 17.8. The maximum absolute atomic E-state index is 12.2. The van der Waals surface area contributed by atoms with E-state index in [9.17, 15) is 14.4 Å². The molecule has 1 aliphatic heterocycles. The Morgan fingerprint density at radius 3 is 2.70 bits per heavy atom. The molecule has 1 rings (SSSR count). The van der Waals surface area contributed by atoms with Crippen molar-refractivity contribution in [3.05, 3.63) is 0 Å². The number of hydrogen-bond donors (Lipinski definition) is 1. The molecule has 0 aromatic rings. The molecule has 1 heterocycles. The molecule has 7 heteroatoms. The molecule has 23 heavy (non-hydrogen) atoms. The molecule has 0 aromatic heterocycles. The highest BCUT2D eigenvalue weighted by molar-refractivity contribution is 7.99. The third kappa shape index (κ3) is 7.24. The SMILES string of the molecule is CCCCSCCC(=O)N(C)CC(=O)N1CCCC(C(=O)O)C1. The Bertz CT molecular complexity index is 417. The van der Waals surface area contributed by atoms with Crippen LogP contribution in [0, 0.1) is 5.92 Å². The molecule has 132 valence electrons. The number of aliphatic carboxylic acids is 1. The van der Waals surface area contributed by atoms with Crippen molar-refractivity contribution in [2.45, 2.75) is 39.0 Å². The molecule has 0 aromatic carbocycles. The first-order valence-corrected chi connectivity index (χ1v) is 9.43. The van der Waals surface area contributed by atoms with Crippen molar-refractivity contribution in [2.24, 2.45) is 5.92 Å². The van der Waals surface area contributed by atoms with Crippen molar-refractivity contribution < 1.29 is 19.5 Å². The number of likely N-dealkylation sites (tertiary alicyclic amines) is 1. The molecule has 1 N–H and O–H groups in total. The number of thioether (sulfide) groups is 1. The van der Waals surface area contributed by atoms with Crippen LogP contribution >= 0.6 is 11.8 Å². The Labute approximate surface area is 142 Å². The fraction of sp³-hybridized carbons (Fsp3) is 0.812. The lowest BCUT2D eigenvalue weighted by Gasteiger charge is -2.32. The Morgan fingerprint density at radius 2 is 2.04 bits per heavy atom. The second kappa shape index (κ2) is 10.5. The Morgan fingerprint density at radius 1 is 1.30 bits per heavy atom. The number of carbonyl (C=O) groups excluding carboxylic acids is 2. The van der Waals surface area contributed by atoms with E-state index in [-0.39, 0.29) is 24.9 Å². The van der Waals surface area contributed by atoms with Gasteiger partial charge >= 0.3 is 5.97 Å². The van der Waals surface area contributed by atoms with Gasteiger partial charge in [-0.15, -0.1) is 0 Å². The van der Waals surface area contributed by atoms with Crippen molar-refractivity contribution in [3.63, 3.8) is 0 Å². The van der Waals surface area contributed by atoms with Crippen molar-refractivity contribution >= 4 is 29.5 Å². The molecule has 1 unspecified atom stereocenters. The zero-order valence-electron chi connectivity index (χ0n) is 14.1. The van der Waals surface area contributed by atoms with Crippen molar-refractivity contribution in [3.8, 4) is 0 Å². The van der Waals surface area contributed by atoms with E-state index in [0.717, 1.165) is 24.3 Å². The van der Waals surface area contributed by atoms with Crippen LogP contribution in [0.25, 0.3) is 0 Å². The minimum absolute atomic E-state index is 0.0325. The lowest BCUT2D eigenvalue weighted by molar-refractivity contribution is -0.147. The Hall–Kier alpha value is -1.24. The highest BCUT2D eigenvalue weighted by atomic mass is 32.2. The predicted molar refractivity (Wildman–Crippen MR) is 91.4 cm³/mol. The number of unbranched alkanes of at least 4 members (excludes halogenated alkanes) is 1. The Balaban J connectivity index is 2.31. The smallest absolute Gasteiger partial charge is 0.308 e. The van der Waals surface area contributed by atoms with Crippen LogP contribution in [-0.4, -0.2) is 70.9 Å². The molecule has 6 nitrogen and oxygen atoms in total. The molecule has 0 radical (unpaired) electrons. The van der Waals surface area contributed by atoms with Gasteiger partial charge in [-0.05, 0) is 25.0 Å². The van der Waals surface area contributed by atoms with Gasteiger partial charge in [-0.1, -0.05) is 13.3 Å². The maximum atomic E-state index is 12.2. The highest BCUT2D eigenvalue weighted by Gasteiger charge is 2.28. The summed E-state index contributed by atoms with van der Waals surface area (Å²) in [5.41, 5.74) is 0. The van der Waals surface area contributed by atoms with Gasteiger partial charge in [0.25, 0.3) is 0 Å². The summed E-state index contributed by atoms with van der Waals surface area (Å²) in [4.78, 5) is 38.3. The van der Waals surface area contributed by atoms with Gasteiger partial charge in [0.2, 0.25) is 11.8 Å². The van der Waals surface area contributed by atoms with Crippen LogP contribution < -0.4 is 0 Å². The van der Waals surface area contributed by atoms with Gasteiger partial charge < -0.3 is 14.9 Å². The topological polar surface area (TPSA) is 77.9 Å². The summed E-state index contributed by atoms with van der Waals surface area (Å²) in [6.45, 7) is 3.01. The summed E-state index contributed by atoms with van der Waals surface area (Å²) in [5, 5.41) is 9.06. The van der Waals surface area contributed by atoms with Crippen molar-refractivity contribution in [2.75, 3.05) is 38.2 Å². The van der Waals surface area contributed by atoms with Crippen LogP contribution in [0.4, 0.5) is 0 Å². The number of carboxylic acids is 1. The van der Waals surface area contributed by atoms with Gasteiger partial charge in [0.05, 0.1) is 12.5 Å². The summed E-state index contributed by atoms with van der Waals surface area (Å²) in [6.07, 6.45) is 4.07. The molecule has 1 fully saturated rings. The van der Waals surface area contributed by atoms with E-state index < -0.39 is 11.9 Å². The number of nitrogens with zero attached hydrogens (tertiary/aromatic N) is 2. The maximum Gasteiger partial charge on any atom is 0.308 e. The van der Waals surface area contributed by atoms with Gasteiger partial charge in [0, 0.05) is 32.3 Å². The zero-order chi connectivity index (χ0) is 17.2. The molecule has 1 aliphatic rings. The molecule has 1 atom stereocenters. The van der Waals surface area contributed by atoms with Crippen LogP contribution in [0.15, 0.2) is 0 Å². The van der Waals surface area contributed by atoms with Crippen molar-refractivity contribution in [1.82, 2.24) is 9.80 Å². The number of carbonyl (C=O) groups is 3. The van der Waals surface area contributed by atoms with Crippen LogP contribution in [0.5, 0.6) is 0 Å². The molecule has 0 bridgehead atoms. The van der Waals surface area contributed by atoms with Crippen LogP contribution in [0.3, 0.4) is 0 Å². The summed E-state index contributed by atoms with van der Waals surface area (Å²) < 4.78 is 0. The van der Waals surface area contributed by atoms with E-state index in [1.165, 1.54) is 4.90 Å². The van der Waals surface area contributed by atoms with E-state index in [1.807, 2.05) is 0 Å². The summed E-state index contributed by atoms with van der Waals surface area (Å²) in [6, 6.07) is 0. The Kier molecular flexibility index (Phi) is 9.06. The molecular weight excluding hydrogens is 316 g/mol. The largest absolute Gasteiger partial charge is 0.481 e. The predicted octanol–water partition coefficient (Wildman–Crippen LogP) is 1.69. The molecule has 1 saturated heterocycles. The summed E-state index contributed by atoms with van der Waals surface area (Å²) in [5.74, 6) is 0.318. The average molecular weight is 344 g/mol. The fourth-order valence-corrected chi connectivity index (χ4v) is 3.51. The fourth-order valence-electron chi connectivity index (χ4n) is 2.50. The van der Waals surface area contributed by atoms with E-state index in [2.05, 4.69) is 6.92 Å². The molecule has 0 saturated carbocycles. The second-order valence-electron chi connectivity index (χ2n) is 5.98. The summed E-state index contributed by atoms with van der Waals surface area (Å²) >= 11 is 1.77. The number of piperidine rings is 1. The first-order valence-electron chi connectivity index (χ1n) is 8.28. The molecular formula is C16H28N2O4S. The molecule has 0 aliphatic carbocycles. The first-order chi connectivity index (χ1) is 11.0. The highest BCUT2D eigenvalue weighted by Crippen LogP contribution is 2.17. The van der Waals surface area contributed by atoms with E-state index >= 15 is 0 Å². The van der Waals surface area contributed by atoms with Crippen LogP contribution in [-0.2, 0) is 14.4 Å². The van der Waals surface area contributed by atoms with E-state index in [4.69, 9.17) is 5.11 Å². The quantitative estimate of drug-likeness (QED) is 0.644. The number of likely N-dealkylation sites (N-methyl/N-ethyl adjacent to an activating group) is 1. The summed E-state index contributed by atoms with van der Waals surface area (Å²) in [7, 11) is 1.63. The minimum Gasteiger partial charge on any atom is -0.481 e.